The second kappa shape index (κ2) is 7.77. The Hall–Kier alpha value is -1.64. The van der Waals surface area contributed by atoms with Crippen LogP contribution in [0.1, 0.15) is 37.7 Å². The first-order chi connectivity index (χ1) is 12.7. The Morgan fingerprint density at radius 3 is 2.56 bits per heavy atom. The predicted molar refractivity (Wildman–Crippen MR) is 97.1 cm³/mol. The maximum Gasteiger partial charge on any atom is 0.306 e. The number of aliphatic carboxylic acids is 1. The van der Waals surface area contributed by atoms with Crippen LogP contribution >= 0.6 is 0 Å². The summed E-state index contributed by atoms with van der Waals surface area (Å²) in [5.41, 5.74) is -1.11. The molecule has 0 bridgehead atoms. The molecule has 2 aliphatic rings. The number of benzene rings is 1. The van der Waals surface area contributed by atoms with Crippen molar-refractivity contribution < 1.29 is 28.7 Å². The molecule has 148 valence electrons. The summed E-state index contributed by atoms with van der Waals surface area (Å²) in [6.07, 6.45) is 1.35. The van der Waals surface area contributed by atoms with Crippen molar-refractivity contribution in [2.24, 2.45) is 5.92 Å². The average Bonchev–Trinajstić information content (AvgIpc) is 3.13. The molecule has 1 amide bonds. The van der Waals surface area contributed by atoms with Gasteiger partial charge in [0.1, 0.15) is 16.7 Å². The number of rotatable bonds is 4. The normalized spacial score (nSPS) is 29.6. The van der Waals surface area contributed by atoms with Crippen LogP contribution in [0.4, 0.5) is 4.39 Å². The van der Waals surface area contributed by atoms with Crippen molar-refractivity contribution in [1.82, 2.24) is 4.90 Å². The van der Waals surface area contributed by atoms with Crippen LogP contribution in [0.15, 0.2) is 23.1 Å². The van der Waals surface area contributed by atoms with Gasteiger partial charge >= 0.3 is 5.97 Å². The van der Waals surface area contributed by atoms with Crippen molar-refractivity contribution in [3.63, 3.8) is 0 Å². The molecule has 1 aliphatic carbocycles. The third-order valence-corrected chi connectivity index (χ3v) is 7.37. The van der Waals surface area contributed by atoms with Crippen molar-refractivity contribution >= 4 is 23.1 Å². The number of likely N-dealkylation sites (tertiary alicyclic amines) is 1. The molecule has 2 fully saturated rings. The van der Waals surface area contributed by atoms with E-state index in [9.17, 15) is 23.6 Å². The number of nitrogens with zero attached hydrogens (tertiary/aromatic N) is 1. The molecule has 27 heavy (non-hydrogen) atoms. The fourth-order valence-corrected chi connectivity index (χ4v) is 5.39. The lowest BCUT2D eigenvalue weighted by Gasteiger charge is -2.36. The summed E-state index contributed by atoms with van der Waals surface area (Å²) < 4.78 is 26.2. The monoisotopic (exact) mass is 397 g/mol. The Balaban J connectivity index is 1.62. The minimum atomic E-state index is -1.53. The van der Waals surface area contributed by atoms with E-state index in [0.29, 0.717) is 23.4 Å². The van der Waals surface area contributed by atoms with E-state index in [-0.39, 0.29) is 43.3 Å². The zero-order valence-corrected chi connectivity index (χ0v) is 16.0. The Morgan fingerprint density at radius 2 is 1.96 bits per heavy atom. The van der Waals surface area contributed by atoms with Crippen LogP contribution in [-0.4, -0.2) is 55.5 Å². The second-order valence-electron chi connectivity index (χ2n) is 7.51. The van der Waals surface area contributed by atoms with Gasteiger partial charge in [-0.15, -0.1) is 0 Å². The van der Waals surface area contributed by atoms with Gasteiger partial charge in [-0.25, -0.2) is 4.39 Å². The smallest absolute Gasteiger partial charge is 0.306 e. The molecule has 8 heteroatoms. The largest absolute Gasteiger partial charge is 0.611 e. The minimum Gasteiger partial charge on any atom is -0.611 e. The van der Waals surface area contributed by atoms with Crippen LogP contribution in [0.2, 0.25) is 0 Å². The first-order valence-corrected chi connectivity index (χ1v) is 10.3. The fourth-order valence-electron chi connectivity index (χ4n) is 3.87. The van der Waals surface area contributed by atoms with E-state index in [1.54, 1.807) is 13.0 Å². The molecule has 2 unspecified atom stereocenters. The highest BCUT2D eigenvalue weighted by atomic mass is 32.2. The van der Waals surface area contributed by atoms with Crippen LogP contribution in [0.3, 0.4) is 0 Å². The molecule has 2 atom stereocenters. The van der Waals surface area contributed by atoms with Gasteiger partial charge in [0.15, 0.2) is 4.90 Å². The summed E-state index contributed by atoms with van der Waals surface area (Å²) in [7, 11) is 0. The van der Waals surface area contributed by atoms with Gasteiger partial charge in [0, 0.05) is 13.0 Å². The van der Waals surface area contributed by atoms with Crippen LogP contribution in [0.5, 0.6) is 0 Å². The maximum absolute atomic E-state index is 13.4. The summed E-state index contributed by atoms with van der Waals surface area (Å²) in [5.74, 6) is -2.16. The highest BCUT2D eigenvalue weighted by Gasteiger charge is 2.46. The van der Waals surface area contributed by atoms with Gasteiger partial charge < -0.3 is 19.7 Å². The maximum atomic E-state index is 13.4. The lowest BCUT2D eigenvalue weighted by molar-refractivity contribution is -0.158. The molecular weight excluding hydrogens is 373 g/mol. The van der Waals surface area contributed by atoms with Gasteiger partial charge in [0.2, 0.25) is 0 Å². The third-order valence-electron chi connectivity index (χ3n) is 5.66. The van der Waals surface area contributed by atoms with Crippen LogP contribution in [-0.2, 0) is 20.8 Å². The van der Waals surface area contributed by atoms with E-state index in [0.717, 1.165) is 0 Å². The highest BCUT2D eigenvalue weighted by molar-refractivity contribution is 7.92. The number of hydrogen-bond donors (Lipinski definition) is 2. The summed E-state index contributed by atoms with van der Waals surface area (Å²) in [5, 5.41) is 19.5. The van der Waals surface area contributed by atoms with E-state index >= 15 is 0 Å². The molecule has 6 nitrogen and oxygen atoms in total. The first-order valence-electron chi connectivity index (χ1n) is 9.12. The number of carboxylic acids is 1. The van der Waals surface area contributed by atoms with E-state index < -0.39 is 34.6 Å². The lowest BCUT2D eigenvalue weighted by Crippen LogP contribution is -2.51. The molecule has 0 aromatic heterocycles. The number of halogens is 1. The molecule has 1 aliphatic heterocycles. The van der Waals surface area contributed by atoms with Crippen molar-refractivity contribution in [2.45, 2.75) is 54.8 Å². The standard InChI is InChI=1S/C19H24FNO5S/c1-12-10-14(2-3-16(12)20)27(26)15-6-9-21(11-15)18(24)19(25)7-4-13(5-8-19)17(22)23/h2-3,10,13,15,25H,4-9,11H2,1H3,(H,22,23). The van der Waals surface area contributed by atoms with Gasteiger partial charge in [0.25, 0.3) is 5.91 Å². The quantitative estimate of drug-likeness (QED) is 0.755. The Morgan fingerprint density at radius 1 is 1.30 bits per heavy atom. The average molecular weight is 397 g/mol. The molecular formula is C19H24FNO5S. The van der Waals surface area contributed by atoms with Crippen molar-refractivity contribution in [3.8, 4) is 0 Å². The zero-order valence-electron chi connectivity index (χ0n) is 15.2. The molecule has 2 N–H and O–H groups in total. The first kappa shape index (κ1) is 20.1. The summed E-state index contributed by atoms with van der Waals surface area (Å²) in [4.78, 5) is 25.9. The minimum absolute atomic E-state index is 0.129. The molecule has 1 aromatic carbocycles. The van der Waals surface area contributed by atoms with E-state index in [4.69, 9.17) is 5.11 Å². The molecule has 3 rings (SSSR count). The molecule has 1 heterocycles. The van der Waals surface area contributed by atoms with Crippen LogP contribution < -0.4 is 0 Å². The Kier molecular flexibility index (Phi) is 5.79. The number of hydrogen-bond acceptors (Lipinski definition) is 4. The molecule has 1 saturated heterocycles. The Bertz CT molecular complexity index is 735. The van der Waals surface area contributed by atoms with Gasteiger partial charge in [0.05, 0.1) is 12.5 Å². The van der Waals surface area contributed by atoms with Crippen molar-refractivity contribution in [3.05, 3.63) is 29.6 Å². The summed E-state index contributed by atoms with van der Waals surface area (Å²) >= 11 is -1.36. The highest BCUT2D eigenvalue weighted by Crippen LogP contribution is 2.35. The molecule has 0 spiro atoms. The van der Waals surface area contributed by atoms with Crippen molar-refractivity contribution in [1.29, 1.82) is 0 Å². The number of carboxylic acid groups (broad SMARTS) is 1. The number of carbonyl (C=O) groups is 2. The lowest BCUT2D eigenvalue weighted by atomic mass is 9.78. The number of aliphatic hydroxyl groups is 1. The number of carbonyl (C=O) groups excluding carboxylic acids is 1. The molecule has 1 aromatic rings. The molecule has 0 radical (unpaired) electrons. The SMILES string of the molecule is Cc1cc([S+]([O-])C2CCN(C(=O)C3(O)CCC(C(=O)O)CC3)C2)ccc1F. The van der Waals surface area contributed by atoms with Gasteiger partial charge in [-0.1, -0.05) is 0 Å². The van der Waals surface area contributed by atoms with E-state index in [1.165, 1.54) is 17.0 Å². The number of aryl methyl sites for hydroxylation is 1. The van der Waals surface area contributed by atoms with Crippen molar-refractivity contribution in [2.75, 3.05) is 13.1 Å². The van der Waals surface area contributed by atoms with Gasteiger partial charge in [-0.2, -0.15) is 0 Å². The van der Waals surface area contributed by atoms with Crippen LogP contribution in [0, 0.1) is 18.7 Å². The van der Waals surface area contributed by atoms with E-state index in [1.807, 2.05) is 0 Å². The number of amides is 1. The van der Waals surface area contributed by atoms with Crippen LogP contribution in [0.25, 0.3) is 0 Å². The summed E-state index contributed by atoms with van der Waals surface area (Å²) in [6.45, 7) is 2.29. The van der Waals surface area contributed by atoms with E-state index in [2.05, 4.69) is 0 Å². The predicted octanol–water partition coefficient (Wildman–Crippen LogP) is 1.85. The van der Waals surface area contributed by atoms with Gasteiger partial charge in [-0.05, 0) is 67.5 Å². The topological polar surface area (TPSA) is 101 Å². The molecule has 1 saturated carbocycles. The fraction of sp³-hybridized carbons (Fsp3) is 0.579. The summed E-state index contributed by atoms with van der Waals surface area (Å²) in [6, 6.07) is 4.37. The Labute approximate surface area is 160 Å². The second-order valence-corrected chi connectivity index (χ2v) is 9.25. The zero-order chi connectivity index (χ0) is 19.8. The third kappa shape index (κ3) is 4.12. The van der Waals surface area contributed by atoms with Gasteiger partial charge in [-0.3, -0.25) is 9.59 Å².